The fraction of sp³-hybridized carbons (Fsp3) is 1.00. The first kappa shape index (κ1) is 19.9. The molecule has 0 fully saturated rings. The van der Waals surface area contributed by atoms with E-state index < -0.39 is 0 Å². The van der Waals surface area contributed by atoms with Crippen molar-refractivity contribution >= 4 is 0 Å². The molecule has 0 unspecified atom stereocenters. The lowest BCUT2D eigenvalue weighted by Gasteiger charge is -2.15. The van der Waals surface area contributed by atoms with Gasteiger partial charge in [-0.15, -0.1) is 0 Å². The molecule has 0 saturated carbocycles. The number of hydrogen-bond donors (Lipinski definition) is 1. The first-order valence-electron chi connectivity index (χ1n) is 8.77. The number of hydrogen-bond acceptors (Lipinski definition) is 3. The third-order valence-electron chi connectivity index (χ3n) is 3.71. The quantitative estimate of drug-likeness (QED) is 0.438. The highest BCUT2D eigenvalue weighted by atomic mass is 16.5. The fourth-order valence-corrected chi connectivity index (χ4v) is 2.35. The van der Waals surface area contributed by atoms with E-state index in [2.05, 4.69) is 18.9 Å². The van der Waals surface area contributed by atoms with E-state index in [0.717, 1.165) is 45.7 Å². The van der Waals surface area contributed by atoms with Crippen LogP contribution in [0.5, 0.6) is 0 Å². The van der Waals surface area contributed by atoms with Gasteiger partial charge in [-0.3, -0.25) is 0 Å². The molecule has 0 aromatic carbocycles. The van der Waals surface area contributed by atoms with Crippen molar-refractivity contribution in [2.75, 3.05) is 39.9 Å². The minimum atomic E-state index is 0.791. The van der Waals surface area contributed by atoms with Crippen molar-refractivity contribution in [3.8, 4) is 0 Å². The van der Waals surface area contributed by atoms with E-state index in [1.54, 1.807) is 0 Å². The number of nitrogens with two attached hydrogens (primary N) is 1. The molecule has 0 rings (SSSR count). The molecule has 0 radical (unpaired) electrons. The van der Waals surface area contributed by atoms with Crippen LogP contribution in [0.1, 0.15) is 71.1 Å². The molecule has 3 heteroatoms. The highest BCUT2D eigenvalue weighted by Crippen LogP contribution is 2.08. The lowest BCUT2D eigenvalue weighted by molar-refractivity contribution is 0.119. The van der Waals surface area contributed by atoms with Crippen LogP contribution in [0.4, 0.5) is 0 Å². The second kappa shape index (κ2) is 16.9. The summed E-state index contributed by atoms with van der Waals surface area (Å²) in [5.74, 6) is 0. The predicted octanol–water partition coefficient (Wildman–Crippen LogP) is 3.81. The summed E-state index contributed by atoms with van der Waals surface area (Å²) in [6, 6.07) is 0. The molecule has 0 bridgehead atoms. The van der Waals surface area contributed by atoms with Gasteiger partial charge >= 0.3 is 0 Å². The van der Waals surface area contributed by atoms with E-state index in [-0.39, 0.29) is 0 Å². The Kier molecular flexibility index (Phi) is 16.8. The van der Waals surface area contributed by atoms with E-state index in [1.807, 2.05) is 0 Å². The van der Waals surface area contributed by atoms with Gasteiger partial charge < -0.3 is 15.4 Å². The average molecular weight is 287 g/mol. The molecule has 0 aliphatic carbocycles. The zero-order valence-corrected chi connectivity index (χ0v) is 14.0. The Morgan fingerprint density at radius 2 is 1.30 bits per heavy atom. The van der Waals surface area contributed by atoms with E-state index in [0.29, 0.717) is 0 Å². The highest BCUT2D eigenvalue weighted by Gasteiger charge is 1.97. The highest BCUT2D eigenvalue weighted by molar-refractivity contribution is 4.52. The first-order valence-corrected chi connectivity index (χ1v) is 8.77. The van der Waals surface area contributed by atoms with Crippen LogP contribution in [0, 0.1) is 0 Å². The van der Waals surface area contributed by atoms with Crippen LogP contribution < -0.4 is 5.73 Å². The maximum absolute atomic E-state index is 5.68. The van der Waals surface area contributed by atoms with Gasteiger partial charge in [0.1, 0.15) is 0 Å². The topological polar surface area (TPSA) is 38.5 Å². The van der Waals surface area contributed by atoms with Gasteiger partial charge in [0.05, 0.1) is 0 Å². The molecule has 122 valence electrons. The molecule has 0 aromatic heterocycles. The van der Waals surface area contributed by atoms with Crippen LogP contribution >= 0.6 is 0 Å². The summed E-state index contributed by atoms with van der Waals surface area (Å²) >= 11 is 0. The molecule has 0 saturated heterocycles. The van der Waals surface area contributed by atoms with Crippen LogP contribution in [0.15, 0.2) is 0 Å². The van der Waals surface area contributed by atoms with Crippen molar-refractivity contribution < 1.29 is 4.74 Å². The van der Waals surface area contributed by atoms with Gasteiger partial charge in [-0.1, -0.05) is 51.9 Å². The third-order valence-corrected chi connectivity index (χ3v) is 3.71. The Bertz CT molecular complexity index is 176. The first-order chi connectivity index (χ1) is 9.81. The van der Waals surface area contributed by atoms with Crippen molar-refractivity contribution in [3.05, 3.63) is 0 Å². The number of nitrogens with zero attached hydrogens (tertiary/aromatic N) is 1. The van der Waals surface area contributed by atoms with Crippen molar-refractivity contribution in [2.24, 2.45) is 5.73 Å². The maximum Gasteiger partial charge on any atom is 0.0478 e. The Morgan fingerprint density at radius 3 is 1.95 bits per heavy atom. The minimum Gasteiger partial charge on any atom is -0.381 e. The normalized spacial score (nSPS) is 11.4. The summed E-state index contributed by atoms with van der Waals surface area (Å²) < 4.78 is 5.68. The zero-order chi connectivity index (χ0) is 14.9. The molecule has 3 nitrogen and oxygen atoms in total. The lowest BCUT2D eigenvalue weighted by Crippen LogP contribution is -2.23. The van der Waals surface area contributed by atoms with Gasteiger partial charge in [0.25, 0.3) is 0 Å². The van der Waals surface area contributed by atoms with Gasteiger partial charge in [-0.25, -0.2) is 0 Å². The van der Waals surface area contributed by atoms with E-state index in [1.165, 1.54) is 51.4 Å². The van der Waals surface area contributed by atoms with E-state index >= 15 is 0 Å². The number of ether oxygens (including phenoxy) is 1. The average Bonchev–Trinajstić information content (AvgIpc) is 2.46. The van der Waals surface area contributed by atoms with Crippen LogP contribution in [-0.2, 0) is 4.74 Å². The van der Waals surface area contributed by atoms with Gasteiger partial charge in [0.2, 0.25) is 0 Å². The van der Waals surface area contributed by atoms with E-state index in [9.17, 15) is 0 Å². The lowest BCUT2D eigenvalue weighted by atomic mass is 10.1. The van der Waals surface area contributed by atoms with E-state index in [4.69, 9.17) is 10.5 Å². The standard InChI is InChI=1S/C17H38N2O/c1-3-4-5-6-7-8-9-10-16-20-17-12-15-19(2)14-11-13-18/h3-18H2,1-2H3. The Labute approximate surface area is 127 Å². The van der Waals surface area contributed by atoms with Crippen molar-refractivity contribution in [1.29, 1.82) is 0 Å². The van der Waals surface area contributed by atoms with Gasteiger partial charge in [-0.2, -0.15) is 0 Å². The molecule has 0 spiro atoms. The minimum absolute atomic E-state index is 0.791. The Balaban J connectivity index is 3.02. The van der Waals surface area contributed by atoms with Crippen LogP contribution in [-0.4, -0.2) is 44.8 Å². The van der Waals surface area contributed by atoms with Gasteiger partial charge in [0, 0.05) is 19.8 Å². The SMILES string of the molecule is CCCCCCCCCCOCCCN(C)CCCN. The second-order valence-electron chi connectivity index (χ2n) is 5.89. The van der Waals surface area contributed by atoms with Crippen molar-refractivity contribution in [1.82, 2.24) is 4.90 Å². The summed E-state index contributed by atoms with van der Waals surface area (Å²) in [6.07, 6.45) is 13.2. The largest absolute Gasteiger partial charge is 0.381 e. The molecule has 0 heterocycles. The fourth-order valence-electron chi connectivity index (χ4n) is 2.35. The van der Waals surface area contributed by atoms with Crippen LogP contribution in [0.2, 0.25) is 0 Å². The molecule has 20 heavy (non-hydrogen) atoms. The molecule has 0 aliphatic rings. The Hall–Kier alpha value is -0.120. The summed E-state index contributed by atoms with van der Waals surface area (Å²) in [4.78, 5) is 2.34. The summed E-state index contributed by atoms with van der Waals surface area (Å²) in [7, 11) is 2.16. The number of rotatable bonds is 16. The molecule has 0 aromatic rings. The summed E-state index contributed by atoms with van der Waals surface area (Å²) in [6.45, 7) is 7.14. The molecule has 0 aliphatic heterocycles. The number of unbranched alkanes of at least 4 members (excludes halogenated alkanes) is 7. The predicted molar refractivity (Wildman–Crippen MR) is 89.2 cm³/mol. The summed E-state index contributed by atoms with van der Waals surface area (Å²) in [5.41, 5.74) is 5.49. The van der Waals surface area contributed by atoms with Crippen molar-refractivity contribution in [3.63, 3.8) is 0 Å². The second-order valence-corrected chi connectivity index (χ2v) is 5.89. The Morgan fingerprint density at radius 1 is 0.750 bits per heavy atom. The smallest absolute Gasteiger partial charge is 0.0478 e. The molecule has 0 amide bonds. The zero-order valence-electron chi connectivity index (χ0n) is 14.0. The molecular weight excluding hydrogens is 248 g/mol. The van der Waals surface area contributed by atoms with Gasteiger partial charge in [-0.05, 0) is 39.4 Å². The molecule has 2 N–H and O–H groups in total. The molecular formula is C17H38N2O. The molecule has 0 atom stereocenters. The van der Waals surface area contributed by atoms with Crippen LogP contribution in [0.25, 0.3) is 0 Å². The third kappa shape index (κ3) is 15.9. The monoisotopic (exact) mass is 286 g/mol. The van der Waals surface area contributed by atoms with Gasteiger partial charge in [0.15, 0.2) is 0 Å². The van der Waals surface area contributed by atoms with Crippen LogP contribution in [0.3, 0.4) is 0 Å². The maximum atomic E-state index is 5.68. The van der Waals surface area contributed by atoms with Crippen molar-refractivity contribution in [2.45, 2.75) is 71.1 Å². The summed E-state index contributed by atoms with van der Waals surface area (Å²) in [5, 5.41) is 0.